The number of nitrogens with one attached hydrogen (secondary N) is 2. The van der Waals surface area contributed by atoms with E-state index in [9.17, 15) is 8.42 Å². The summed E-state index contributed by atoms with van der Waals surface area (Å²) >= 11 is 0. The molecule has 0 fully saturated rings. The normalized spacial score (nSPS) is 13.7. The van der Waals surface area contributed by atoms with E-state index in [1.54, 1.807) is 20.9 Å². The van der Waals surface area contributed by atoms with Crippen LogP contribution in [0.4, 0.5) is 0 Å². The highest BCUT2D eigenvalue weighted by Crippen LogP contribution is 2.26. The Labute approximate surface area is 115 Å². The first kappa shape index (κ1) is 16.2. The van der Waals surface area contributed by atoms with Crippen LogP contribution in [-0.2, 0) is 16.6 Å². The summed E-state index contributed by atoms with van der Waals surface area (Å²) in [6.45, 7) is 7.85. The molecule has 110 valence electrons. The Morgan fingerprint density at radius 3 is 2.42 bits per heavy atom. The van der Waals surface area contributed by atoms with Crippen LogP contribution in [0.3, 0.4) is 0 Å². The molecule has 1 heterocycles. The van der Waals surface area contributed by atoms with E-state index in [2.05, 4.69) is 10.0 Å². The van der Waals surface area contributed by atoms with Gasteiger partial charge in [0.1, 0.15) is 16.4 Å². The highest BCUT2D eigenvalue weighted by Gasteiger charge is 2.27. The van der Waals surface area contributed by atoms with E-state index in [0.29, 0.717) is 23.6 Å². The third-order valence-corrected chi connectivity index (χ3v) is 4.81. The molecule has 0 amide bonds. The number of hydrogen-bond acceptors (Lipinski definition) is 4. The smallest absolute Gasteiger partial charge is 0.244 e. The molecule has 19 heavy (non-hydrogen) atoms. The van der Waals surface area contributed by atoms with Gasteiger partial charge in [-0.05, 0) is 34.2 Å². The molecule has 0 radical (unpaired) electrons. The van der Waals surface area contributed by atoms with Crippen LogP contribution in [0.1, 0.15) is 43.8 Å². The number of furan rings is 1. The maximum absolute atomic E-state index is 12.4. The SMILES string of the molecule is CCCC(C)NS(=O)(=O)c1c(C)oc(C)c1CNC. The van der Waals surface area contributed by atoms with E-state index in [-0.39, 0.29) is 10.9 Å². The molecule has 1 atom stereocenters. The Balaban J connectivity index is 3.13. The van der Waals surface area contributed by atoms with Gasteiger partial charge in [0.25, 0.3) is 0 Å². The van der Waals surface area contributed by atoms with Gasteiger partial charge < -0.3 is 9.73 Å². The Bertz CT molecular complexity index is 520. The van der Waals surface area contributed by atoms with Gasteiger partial charge in [-0.3, -0.25) is 0 Å². The molecule has 1 aromatic heterocycles. The number of sulfonamides is 1. The molecule has 2 N–H and O–H groups in total. The average Bonchev–Trinajstić information content (AvgIpc) is 2.54. The molecule has 6 heteroatoms. The second-order valence-corrected chi connectivity index (χ2v) is 6.51. The molecule has 1 aromatic rings. The molecule has 1 unspecified atom stereocenters. The van der Waals surface area contributed by atoms with Gasteiger partial charge in [0.05, 0.1) is 0 Å². The van der Waals surface area contributed by atoms with Crippen molar-refractivity contribution in [1.29, 1.82) is 0 Å². The first-order valence-corrected chi connectivity index (χ1v) is 8.07. The minimum atomic E-state index is -3.53. The number of hydrogen-bond donors (Lipinski definition) is 2. The van der Waals surface area contributed by atoms with Crippen LogP contribution in [0, 0.1) is 13.8 Å². The summed E-state index contributed by atoms with van der Waals surface area (Å²) in [6, 6.07) is -0.0768. The van der Waals surface area contributed by atoms with Gasteiger partial charge in [-0.1, -0.05) is 13.3 Å². The second kappa shape index (κ2) is 6.54. The summed E-state index contributed by atoms with van der Waals surface area (Å²) in [5, 5.41) is 2.98. The van der Waals surface area contributed by atoms with E-state index in [4.69, 9.17) is 4.42 Å². The summed E-state index contributed by atoms with van der Waals surface area (Å²) in [7, 11) is -1.75. The topological polar surface area (TPSA) is 71.3 Å². The second-order valence-electron chi connectivity index (χ2n) is 4.86. The third kappa shape index (κ3) is 3.81. The molecule has 0 aliphatic heterocycles. The minimum absolute atomic E-state index is 0.0768. The largest absolute Gasteiger partial charge is 0.465 e. The molecule has 0 saturated carbocycles. The van der Waals surface area contributed by atoms with Gasteiger partial charge >= 0.3 is 0 Å². The van der Waals surface area contributed by atoms with E-state index in [1.165, 1.54) is 0 Å². The molecule has 0 aliphatic carbocycles. The van der Waals surface area contributed by atoms with Gasteiger partial charge in [-0.15, -0.1) is 0 Å². The molecule has 1 rings (SSSR count). The lowest BCUT2D eigenvalue weighted by Crippen LogP contribution is -2.33. The minimum Gasteiger partial charge on any atom is -0.465 e. The van der Waals surface area contributed by atoms with E-state index in [0.717, 1.165) is 12.8 Å². The van der Waals surface area contributed by atoms with Crippen molar-refractivity contribution in [3.8, 4) is 0 Å². The highest BCUT2D eigenvalue weighted by atomic mass is 32.2. The third-order valence-electron chi connectivity index (χ3n) is 3.03. The summed E-state index contributed by atoms with van der Waals surface area (Å²) in [6.07, 6.45) is 1.76. The zero-order chi connectivity index (χ0) is 14.6. The van der Waals surface area contributed by atoms with Crippen molar-refractivity contribution in [2.24, 2.45) is 0 Å². The van der Waals surface area contributed by atoms with Crippen molar-refractivity contribution in [3.05, 3.63) is 17.1 Å². The zero-order valence-corrected chi connectivity index (χ0v) is 13.1. The van der Waals surface area contributed by atoms with Crippen molar-refractivity contribution >= 4 is 10.0 Å². The Morgan fingerprint density at radius 2 is 1.89 bits per heavy atom. The Hall–Kier alpha value is -0.850. The van der Waals surface area contributed by atoms with Crippen LogP contribution in [0.25, 0.3) is 0 Å². The lowest BCUT2D eigenvalue weighted by Gasteiger charge is -2.14. The molecular weight excluding hydrogens is 264 g/mol. The molecule has 0 saturated heterocycles. The Kier molecular flexibility index (Phi) is 5.58. The predicted octanol–water partition coefficient (Wildman–Crippen LogP) is 2.08. The van der Waals surface area contributed by atoms with Crippen LogP contribution in [0.2, 0.25) is 0 Å². The van der Waals surface area contributed by atoms with Gasteiger partial charge in [-0.2, -0.15) is 0 Å². The van der Waals surface area contributed by atoms with Crippen LogP contribution in [0.15, 0.2) is 9.31 Å². The van der Waals surface area contributed by atoms with Crippen molar-refractivity contribution in [1.82, 2.24) is 10.0 Å². The van der Waals surface area contributed by atoms with E-state index >= 15 is 0 Å². The lowest BCUT2D eigenvalue weighted by atomic mass is 10.2. The number of aryl methyl sites for hydroxylation is 2. The van der Waals surface area contributed by atoms with Crippen molar-refractivity contribution in [3.63, 3.8) is 0 Å². The maximum atomic E-state index is 12.4. The van der Waals surface area contributed by atoms with Gasteiger partial charge in [0, 0.05) is 18.2 Å². The predicted molar refractivity (Wildman–Crippen MR) is 75.6 cm³/mol. The van der Waals surface area contributed by atoms with Gasteiger partial charge in [0.15, 0.2) is 0 Å². The summed E-state index contributed by atoms with van der Waals surface area (Å²) in [5.41, 5.74) is 0.705. The highest BCUT2D eigenvalue weighted by molar-refractivity contribution is 7.89. The summed E-state index contributed by atoms with van der Waals surface area (Å²) in [4.78, 5) is 0.280. The fourth-order valence-electron chi connectivity index (χ4n) is 2.26. The van der Waals surface area contributed by atoms with Gasteiger partial charge in [-0.25, -0.2) is 13.1 Å². The fraction of sp³-hybridized carbons (Fsp3) is 0.692. The first-order chi connectivity index (χ1) is 8.83. The quantitative estimate of drug-likeness (QED) is 0.806. The van der Waals surface area contributed by atoms with Crippen LogP contribution in [-0.4, -0.2) is 21.5 Å². The fourth-order valence-corrected chi connectivity index (χ4v) is 3.98. The van der Waals surface area contributed by atoms with E-state index < -0.39 is 10.0 Å². The van der Waals surface area contributed by atoms with Crippen molar-refractivity contribution in [2.45, 2.75) is 58.0 Å². The Morgan fingerprint density at radius 1 is 1.26 bits per heavy atom. The molecular formula is C13H24N2O3S. The molecule has 0 aromatic carbocycles. The van der Waals surface area contributed by atoms with Gasteiger partial charge in [0.2, 0.25) is 10.0 Å². The number of rotatable bonds is 7. The van der Waals surface area contributed by atoms with Crippen LogP contribution >= 0.6 is 0 Å². The zero-order valence-electron chi connectivity index (χ0n) is 12.3. The first-order valence-electron chi connectivity index (χ1n) is 6.59. The van der Waals surface area contributed by atoms with Crippen molar-refractivity contribution < 1.29 is 12.8 Å². The lowest BCUT2D eigenvalue weighted by molar-refractivity contribution is 0.492. The van der Waals surface area contributed by atoms with E-state index in [1.807, 2.05) is 13.8 Å². The molecule has 0 bridgehead atoms. The monoisotopic (exact) mass is 288 g/mol. The maximum Gasteiger partial charge on any atom is 0.244 e. The summed E-state index contributed by atoms with van der Waals surface area (Å²) in [5.74, 6) is 1.09. The van der Waals surface area contributed by atoms with Crippen molar-refractivity contribution in [2.75, 3.05) is 7.05 Å². The van der Waals surface area contributed by atoms with Crippen LogP contribution < -0.4 is 10.0 Å². The molecule has 5 nitrogen and oxygen atoms in total. The standard InChI is InChI=1S/C13H24N2O3S/c1-6-7-9(2)15-19(16,17)13-11(4)18-10(3)12(13)8-14-5/h9,14-15H,6-8H2,1-5H3. The molecule has 0 spiro atoms. The molecule has 0 aliphatic rings. The average molecular weight is 288 g/mol. The van der Waals surface area contributed by atoms with Crippen LogP contribution in [0.5, 0.6) is 0 Å². The summed E-state index contributed by atoms with van der Waals surface area (Å²) < 4.78 is 33.1.